The summed E-state index contributed by atoms with van der Waals surface area (Å²) in [6.07, 6.45) is 53.2. The van der Waals surface area contributed by atoms with Crippen LogP contribution in [0.4, 0.5) is 0 Å². The van der Waals surface area contributed by atoms with E-state index in [4.69, 9.17) is 14.2 Å². The van der Waals surface area contributed by atoms with E-state index in [1.165, 1.54) is 77.0 Å². The number of carbonyl (C=O) groups excluding carboxylic acids is 3. The molecule has 1 unspecified atom stereocenters. The molecular weight excluding hydrogens is 685 g/mol. The number of carbonyl (C=O) groups is 3. The van der Waals surface area contributed by atoms with Gasteiger partial charge in [0.2, 0.25) is 0 Å². The van der Waals surface area contributed by atoms with Gasteiger partial charge in [-0.15, -0.1) is 0 Å². The van der Waals surface area contributed by atoms with E-state index < -0.39 is 6.10 Å². The van der Waals surface area contributed by atoms with E-state index in [0.29, 0.717) is 19.3 Å². The molecule has 0 aromatic carbocycles. The van der Waals surface area contributed by atoms with Gasteiger partial charge in [0.15, 0.2) is 6.10 Å². The zero-order chi connectivity index (χ0) is 40.1. The first-order chi connectivity index (χ1) is 27.0. The number of allylic oxidation sites excluding steroid dienone is 12. The van der Waals surface area contributed by atoms with Gasteiger partial charge in [0.1, 0.15) is 13.2 Å². The molecule has 6 heteroatoms. The van der Waals surface area contributed by atoms with Crippen LogP contribution in [0.2, 0.25) is 0 Å². The van der Waals surface area contributed by atoms with Crippen molar-refractivity contribution < 1.29 is 28.6 Å². The monoisotopic (exact) mass is 767 g/mol. The lowest BCUT2D eigenvalue weighted by atomic mass is 10.1. The first kappa shape index (κ1) is 51.9. The predicted molar refractivity (Wildman–Crippen MR) is 233 cm³/mol. The molecule has 0 saturated heterocycles. The Bertz CT molecular complexity index is 1070. The molecule has 0 aliphatic rings. The molecule has 314 valence electrons. The Labute approximate surface area is 338 Å². The van der Waals surface area contributed by atoms with Gasteiger partial charge in [-0.25, -0.2) is 0 Å². The van der Waals surface area contributed by atoms with Gasteiger partial charge in [-0.2, -0.15) is 0 Å². The van der Waals surface area contributed by atoms with Gasteiger partial charge >= 0.3 is 17.9 Å². The first-order valence-electron chi connectivity index (χ1n) is 22.5. The van der Waals surface area contributed by atoms with Gasteiger partial charge < -0.3 is 14.2 Å². The van der Waals surface area contributed by atoms with E-state index in [9.17, 15) is 14.4 Å². The average Bonchev–Trinajstić information content (AvgIpc) is 3.18. The highest BCUT2D eigenvalue weighted by Gasteiger charge is 2.19. The normalized spacial score (nSPS) is 12.7. The highest BCUT2D eigenvalue weighted by Crippen LogP contribution is 2.14. The molecular formula is C49H82O6. The number of unbranched alkanes of at least 4 members (excludes halogenated alkanes) is 18. The molecule has 0 amide bonds. The van der Waals surface area contributed by atoms with E-state index in [1.807, 2.05) is 0 Å². The topological polar surface area (TPSA) is 78.9 Å². The summed E-state index contributed by atoms with van der Waals surface area (Å²) in [4.78, 5) is 37.7. The Morgan fingerprint density at radius 2 is 0.818 bits per heavy atom. The Balaban J connectivity index is 4.44. The second-order valence-corrected chi connectivity index (χ2v) is 14.6. The molecule has 55 heavy (non-hydrogen) atoms. The standard InChI is InChI=1S/C49H82O6/c1-4-7-10-13-16-19-22-23-24-25-28-30-33-36-39-42-48(51)54-45-46(55-49(52)43-40-37-34-31-27-21-18-15-12-9-6-3)44-53-47(50)41-38-35-32-29-26-20-17-14-11-8-5-2/h7,9-10,12-13,16,18-19,21-22,31,34,46H,4-6,8,11,14-15,17,20,23-30,32-33,35-45H2,1-3H3/b10-7-,12-9-,16-13-,21-18-,22-19-,34-31-. The fraction of sp³-hybridized carbons (Fsp3) is 0.694. The van der Waals surface area contributed by atoms with Gasteiger partial charge in [0.05, 0.1) is 0 Å². The minimum Gasteiger partial charge on any atom is -0.462 e. The molecule has 0 bridgehead atoms. The quantitative estimate of drug-likeness (QED) is 0.0204. The summed E-state index contributed by atoms with van der Waals surface area (Å²) >= 11 is 0. The van der Waals surface area contributed by atoms with Crippen molar-refractivity contribution in [3.8, 4) is 0 Å². The Morgan fingerprint density at radius 1 is 0.400 bits per heavy atom. The van der Waals surface area contributed by atoms with Gasteiger partial charge in [-0.05, 0) is 64.2 Å². The van der Waals surface area contributed by atoms with Crippen LogP contribution in [-0.4, -0.2) is 37.2 Å². The summed E-state index contributed by atoms with van der Waals surface area (Å²) in [6.45, 7) is 6.31. The zero-order valence-electron chi connectivity index (χ0n) is 35.7. The van der Waals surface area contributed by atoms with Crippen molar-refractivity contribution in [2.45, 2.75) is 207 Å². The molecule has 0 aliphatic heterocycles. The fourth-order valence-corrected chi connectivity index (χ4v) is 5.93. The number of esters is 3. The summed E-state index contributed by atoms with van der Waals surface area (Å²) in [5.74, 6) is -0.973. The molecule has 0 spiro atoms. The summed E-state index contributed by atoms with van der Waals surface area (Å²) in [5.41, 5.74) is 0. The van der Waals surface area contributed by atoms with Crippen LogP contribution in [0.5, 0.6) is 0 Å². The largest absolute Gasteiger partial charge is 0.462 e. The molecule has 0 rings (SSSR count). The maximum Gasteiger partial charge on any atom is 0.306 e. The summed E-state index contributed by atoms with van der Waals surface area (Å²) in [7, 11) is 0. The third kappa shape index (κ3) is 41.8. The minimum absolute atomic E-state index is 0.0988. The number of hydrogen-bond donors (Lipinski definition) is 0. The molecule has 0 saturated carbocycles. The van der Waals surface area contributed by atoms with Crippen LogP contribution in [0.1, 0.15) is 201 Å². The second-order valence-electron chi connectivity index (χ2n) is 14.6. The molecule has 0 aliphatic carbocycles. The zero-order valence-corrected chi connectivity index (χ0v) is 35.7. The van der Waals surface area contributed by atoms with Crippen molar-refractivity contribution >= 4 is 17.9 Å². The van der Waals surface area contributed by atoms with Crippen LogP contribution in [0.25, 0.3) is 0 Å². The molecule has 0 heterocycles. The smallest absolute Gasteiger partial charge is 0.306 e. The summed E-state index contributed by atoms with van der Waals surface area (Å²) < 4.78 is 16.6. The van der Waals surface area contributed by atoms with E-state index in [-0.39, 0.29) is 37.5 Å². The first-order valence-corrected chi connectivity index (χ1v) is 22.5. The molecule has 1 atom stereocenters. The third-order valence-corrected chi connectivity index (χ3v) is 9.27. The van der Waals surface area contributed by atoms with E-state index in [2.05, 4.69) is 93.7 Å². The second kappa shape index (κ2) is 43.6. The Kier molecular flexibility index (Phi) is 41.1. The van der Waals surface area contributed by atoms with Crippen molar-refractivity contribution in [2.75, 3.05) is 13.2 Å². The molecule has 0 aromatic rings. The fourth-order valence-electron chi connectivity index (χ4n) is 5.93. The van der Waals surface area contributed by atoms with Crippen LogP contribution < -0.4 is 0 Å². The molecule has 0 fully saturated rings. The lowest BCUT2D eigenvalue weighted by Crippen LogP contribution is -2.30. The highest BCUT2D eigenvalue weighted by atomic mass is 16.6. The summed E-state index contributed by atoms with van der Waals surface area (Å²) in [5, 5.41) is 0. The van der Waals surface area contributed by atoms with Crippen LogP contribution >= 0.6 is 0 Å². The molecule has 0 N–H and O–H groups in total. The van der Waals surface area contributed by atoms with Gasteiger partial charge in [-0.3, -0.25) is 14.4 Å². The maximum atomic E-state index is 12.7. The third-order valence-electron chi connectivity index (χ3n) is 9.27. The van der Waals surface area contributed by atoms with Crippen molar-refractivity contribution in [1.82, 2.24) is 0 Å². The maximum absolute atomic E-state index is 12.7. The predicted octanol–water partition coefficient (Wildman–Crippen LogP) is 14.3. The van der Waals surface area contributed by atoms with Crippen LogP contribution in [-0.2, 0) is 28.6 Å². The average molecular weight is 767 g/mol. The van der Waals surface area contributed by atoms with Crippen LogP contribution in [0.3, 0.4) is 0 Å². The number of ether oxygens (including phenoxy) is 3. The number of rotatable bonds is 39. The SMILES string of the molecule is CC\C=C/C=C\C=C/CCCCCCCCCC(=O)OCC(COC(=O)CCCCCCCCCCCCC)OC(=O)CCC/C=C\C/C=C\C/C=C\CC. The lowest BCUT2D eigenvalue weighted by Gasteiger charge is -2.18. The Morgan fingerprint density at radius 3 is 1.35 bits per heavy atom. The van der Waals surface area contributed by atoms with E-state index in [1.54, 1.807) is 0 Å². The van der Waals surface area contributed by atoms with Crippen molar-refractivity contribution in [3.63, 3.8) is 0 Å². The molecule has 6 nitrogen and oxygen atoms in total. The number of hydrogen-bond acceptors (Lipinski definition) is 6. The Hall–Kier alpha value is -3.15. The highest BCUT2D eigenvalue weighted by molar-refractivity contribution is 5.71. The van der Waals surface area contributed by atoms with Crippen LogP contribution in [0, 0.1) is 0 Å². The van der Waals surface area contributed by atoms with Crippen LogP contribution in [0.15, 0.2) is 72.9 Å². The van der Waals surface area contributed by atoms with Crippen molar-refractivity contribution in [2.24, 2.45) is 0 Å². The lowest BCUT2D eigenvalue weighted by molar-refractivity contribution is -0.167. The van der Waals surface area contributed by atoms with E-state index in [0.717, 1.165) is 77.0 Å². The molecule has 0 aromatic heterocycles. The van der Waals surface area contributed by atoms with Gasteiger partial charge in [0.25, 0.3) is 0 Å². The summed E-state index contributed by atoms with van der Waals surface area (Å²) in [6, 6.07) is 0. The van der Waals surface area contributed by atoms with Crippen molar-refractivity contribution in [3.05, 3.63) is 72.9 Å². The minimum atomic E-state index is -0.802. The van der Waals surface area contributed by atoms with E-state index >= 15 is 0 Å². The van der Waals surface area contributed by atoms with Crippen molar-refractivity contribution in [1.29, 1.82) is 0 Å². The van der Waals surface area contributed by atoms with Gasteiger partial charge in [-0.1, -0.05) is 190 Å². The molecule has 0 radical (unpaired) electrons. The van der Waals surface area contributed by atoms with Gasteiger partial charge in [0, 0.05) is 19.3 Å².